The highest BCUT2D eigenvalue weighted by Crippen LogP contribution is 2.25. The van der Waals surface area contributed by atoms with E-state index in [1.54, 1.807) is 19.1 Å². The van der Waals surface area contributed by atoms with Crippen molar-refractivity contribution < 1.29 is 9.18 Å². The van der Waals surface area contributed by atoms with E-state index < -0.39 is 0 Å². The van der Waals surface area contributed by atoms with Gasteiger partial charge in [-0.15, -0.1) is 0 Å². The summed E-state index contributed by atoms with van der Waals surface area (Å²) in [6.07, 6.45) is 3.77. The summed E-state index contributed by atoms with van der Waals surface area (Å²) in [6, 6.07) is 15.3. The molecule has 0 saturated heterocycles. The van der Waals surface area contributed by atoms with Crippen LogP contribution in [-0.2, 0) is 0 Å². The standard InChI is InChI=1S/C24H26FN3O/c1-15-14-23(28-22-6-4-3-5-20(15)22)26-18-8-10-19(11-9-18)27-24(29)17-7-12-21(25)16(2)13-17/h3-7,12-14,18-19H,8-11H2,1-2H3,(H,26,28)(H,27,29). The number of benzene rings is 2. The quantitative estimate of drug-likeness (QED) is 0.647. The first-order chi connectivity index (χ1) is 14.0. The third-order valence-electron chi connectivity index (χ3n) is 5.76. The van der Waals surface area contributed by atoms with E-state index in [9.17, 15) is 9.18 Å². The van der Waals surface area contributed by atoms with Crippen molar-refractivity contribution in [3.63, 3.8) is 0 Å². The van der Waals surface area contributed by atoms with Crippen molar-refractivity contribution in [3.05, 3.63) is 71.0 Å². The second-order valence-electron chi connectivity index (χ2n) is 7.97. The van der Waals surface area contributed by atoms with E-state index in [2.05, 4.69) is 29.7 Å². The van der Waals surface area contributed by atoms with E-state index in [-0.39, 0.29) is 17.8 Å². The predicted molar refractivity (Wildman–Crippen MR) is 115 cm³/mol. The Hall–Kier alpha value is -2.95. The first-order valence-corrected chi connectivity index (χ1v) is 10.2. The van der Waals surface area contributed by atoms with E-state index in [0.29, 0.717) is 17.2 Å². The molecule has 4 nitrogen and oxygen atoms in total. The highest BCUT2D eigenvalue weighted by Gasteiger charge is 2.23. The smallest absolute Gasteiger partial charge is 0.251 e. The summed E-state index contributed by atoms with van der Waals surface area (Å²) in [5.41, 5.74) is 3.22. The van der Waals surface area contributed by atoms with Crippen LogP contribution in [0.3, 0.4) is 0 Å². The van der Waals surface area contributed by atoms with E-state index in [1.165, 1.54) is 17.0 Å². The van der Waals surface area contributed by atoms with Gasteiger partial charge in [-0.1, -0.05) is 18.2 Å². The van der Waals surface area contributed by atoms with Crippen molar-refractivity contribution in [1.82, 2.24) is 10.3 Å². The molecule has 0 bridgehead atoms. The average molecular weight is 391 g/mol. The molecule has 1 aromatic heterocycles. The maximum Gasteiger partial charge on any atom is 0.251 e. The maximum atomic E-state index is 13.4. The average Bonchev–Trinajstić information content (AvgIpc) is 2.71. The van der Waals surface area contributed by atoms with E-state index in [1.807, 2.05) is 18.2 Å². The molecule has 2 N–H and O–H groups in total. The molecule has 0 aliphatic heterocycles. The number of hydrogen-bond donors (Lipinski definition) is 2. The second-order valence-corrected chi connectivity index (χ2v) is 7.97. The third kappa shape index (κ3) is 4.39. The number of nitrogens with zero attached hydrogens (tertiary/aromatic N) is 1. The van der Waals surface area contributed by atoms with Gasteiger partial charge in [0.15, 0.2) is 0 Å². The van der Waals surface area contributed by atoms with Crippen molar-refractivity contribution in [3.8, 4) is 0 Å². The number of fused-ring (bicyclic) bond motifs is 1. The fourth-order valence-electron chi connectivity index (χ4n) is 4.07. The Morgan fingerprint density at radius 3 is 2.45 bits per heavy atom. The maximum absolute atomic E-state index is 13.4. The van der Waals surface area contributed by atoms with Crippen LogP contribution in [0.25, 0.3) is 10.9 Å². The minimum absolute atomic E-state index is 0.128. The molecule has 1 heterocycles. The van der Waals surface area contributed by atoms with Gasteiger partial charge in [-0.05, 0) is 81.0 Å². The summed E-state index contributed by atoms with van der Waals surface area (Å²) >= 11 is 0. The normalized spacial score (nSPS) is 19.1. The molecule has 1 aliphatic carbocycles. The van der Waals surface area contributed by atoms with Gasteiger partial charge in [0.05, 0.1) is 5.52 Å². The van der Waals surface area contributed by atoms with Crippen molar-refractivity contribution in [2.75, 3.05) is 5.32 Å². The largest absolute Gasteiger partial charge is 0.367 e. The number of anilines is 1. The second kappa shape index (κ2) is 8.19. The fourth-order valence-corrected chi connectivity index (χ4v) is 4.07. The summed E-state index contributed by atoms with van der Waals surface area (Å²) in [5.74, 6) is 0.498. The molecule has 1 fully saturated rings. The lowest BCUT2D eigenvalue weighted by Crippen LogP contribution is -2.40. The number of rotatable bonds is 4. The van der Waals surface area contributed by atoms with Gasteiger partial charge >= 0.3 is 0 Å². The first kappa shape index (κ1) is 19.4. The van der Waals surface area contributed by atoms with Crippen molar-refractivity contribution >= 4 is 22.6 Å². The zero-order valence-corrected chi connectivity index (χ0v) is 16.8. The van der Waals surface area contributed by atoms with E-state index in [0.717, 1.165) is 37.0 Å². The molecular weight excluding hydrogens is 365 g/mol. The number of carbonyl (C=O) groups is 1. The zero-order chi connectivity index (χ0) is 20.4. The fraction of sp³-hybridized carbons (Fsp3) is 0.333. The molecule has 3 aromatic rings. The SMILES string of the molecule is Cc1cc(C(=O)NC2CCC(Nc3cc(C)c4ccccc4n3)CC2)ccc1F. The topological polar surface area (TPSA) is 54.0 Å². The Morgan fingerprint density at radius 1 is 0.966 bits per heavy atom. The molecule has 4 rings (SSSR count). The van der Waals surface area contributed by atoms with Crippen LogP contribution >= 0.6 is 0 Å². The summed E-state index contributed by atoms with van der Waals surface area (Å²) in [7, 11) is 0. The first-order valence-electron chi connectivity index (χ1n) is 10.2. The Labute approximate surface area is 170 Å². The number of halogens is 1. The van der Waals surface area contributed by atoms with Crippen molar-refractivity contribution in [2.45, 2.75) is 51.6 Å². The van der Waals surface area contributed by atoms with E-state index in [4.69, 9.17) is 4.98 Å². The molecule has 5 heteroatoms. The minimum Gasteiger partial charge on any atom is -0.367 e. The van der Waals surface area contributed by atoms with Crippen LogP contribution in [0.1, 0.15) is 47.2 Å². The molecule has 1 saturated carbocycles. The molecule has 0 unspecified atom stereocenters. The monoisotopic (exact) mass is 391 g/mol. The van der Waals surface area contributed by atoms with Crippen LogP contribution in [0.15, 0.2) is 48.5 Å². The Morgan fingerprint density at radius 2 is 1.69 bits per heavy atom. The minimum atomic E-state index is -0.286. The molecular formula is C24H26FN3O. The number of carbonyl (C=O) groups excluding carboxylic acids is 1. The van der Waals surface area contributed by atoms with Crippen LogP contribution in [0.4, 0.5) is 10.2 Å². The lowest BCUT2D eigenvalue weighted by atomic mass is 9.91. The number of pyridine rings is 1. The molecule has 29 heavy (non-hydrogen) atoms. The lowest BCUT2D eigenvalue weighted by molar-refractivity contribution is 0.0926. The van der Waals surface area contributed by atoms with Gasteiger partial charge in [0.25, 0.3) is 5.91 Å². The molecule has 2 aromatic carbocycles. The highest BCUT2D eigenvalue weighted by molar-refractivity contribution is 5.94. The van der Waals surface area contributed by atoms with Crippen molar-refractivity contribution in [2.24, 2.45) is 0 Å². The Bertz CT molecular complexity index is 1040. The molecule has 1 amide bonds. The molecule has 1 aliphatic rings. The van der Waals surface area contributed by atoms with Crippen LogP contribution in [-0.4, -0.2) is 23.0 Å². The Balaban J connectivity index is 1.33. The van der Waals surface area contributed by atoms with Gasteiger partial charge in [-0.2, -0.15) is 0 Å². The molecule has 0 spiro atoms. The summed E-state index contributed by atoms with van der Waals surface area (Å²) < 4.78 is 13.4. The van der Waals surface area contributed by atoms with Gasteiger partial charge in [0.2, 0.25) is 0 Å². The summed E-state index contributed by atoms with van der Waals surface area (Å²) in [5, 5.41) is 7.84. The lowest BCUT2D eigenvalue weighted by Gasteiger charge is -2.30. The van der Waals surface area contributed by atoms with E-state index >= 15 is 0 Å². The van der Waals surface area contributed by atoms with Crippen LogP contribution in [0, 0.1) is 19.7 Å². The van der Waals surface area contributed by atoms with Crippen LogP contribution < -0.4 is 10.6 Å². The zero-order valence-electron chi connectivity index (χ0n) is 16.8. The number of para-hydroxylation sites is 1. The molecule has 0 radical (unpaired) electrons. The van der Waals surface area contributed by atoms with Crippen molar-refractivity contribution in [1.29, 1.82) is 0 Å². The van der Waals surface area contributed by atoms with Gasteiger partial charge < -0.3 is 10.6 Å². The van der Waals surface area contributed by atoms with Gasteiger partial charge in [0, 0.05) is 23.0 Å². The molecule has 0 atom stereocenters. The summed E-state index contributed by atoms with van der Waals surface area (Å²) in [6.45, 7) is 3.78. The van der Waals surface area contributed by atoms with Gasteiger partial charge in [-0.3, -0.25) is 4.79 Å². The third-order valence-corrected chi connectivity index (χ3v) is 5.76. The number of nitrogens with one attached hydrogen (secondary N) is 2. The van der Waals surface area contributed by atoms with Crippen LogP contribution in [0.2, 0.25) is 0 Å². The summed E-state index contributed by atoms with van der Waals surface area (Å²) in [4.78, 5) is 17.2. The predicted octanol–water partition coefficient (Wildman–Crippen LogP) is 5.14. The van der Waals surface area contributed by atoms with Gasteiger partial charge in [-0.25, -0.2) is 9.37 Å². The number of aromatic nitrogens is 1. The van der Waals surface area contributed by atoms with Gasteiger partial charge in [0.1, 0.15) is 11.6 Å². The number of amides is 1. The highest BCUT2D eigenvalue weighted by atomic mass is 19.1. The van der Waals surface area contributed by atoms with Crippen LogP contribution in [0.5, 0.6) is 0 Å². The Kier molecular flexibility index (Phi) is 5.47. The molecule has 150 valence electrons. The number of hydrogen-bond acceptors (Lipinski definition) is 3. The number of aryl methyl sites for hydroxylation is 2.